The molecule has 11 nitrogen and oxygen atoms in total. The highest BCUT2D eigenvalue weighted by molar-refractivity contribution is 7.79. The summed E-state index contributed by atoms with van der Waals surface area (Å²) < 4.78 is 5.67. The minimum atomic E-state index is -1.78. The van der Waals surface area contributed by atoms with E-state index in [0.717, 1.165) is 5.56 Å². The summed E-state index contributed by atoms with van der Waals surface area (Å²) in [5.74, 6) is 1.19. The van der Waals surface area contributed by atoms with Gasteiger partial charge in [0.2, 0.25) is 0 Å². The van der Waals surface area contributed by atoms with Gasteiger partial charge in [0.1, 0.15) is 42.9 Å². The van der Waals surface area contributed by atoms with Gasteiger partial charge >= 0.3 is 0 Å². The van der Waals surface area contributed by atoms with Crippen LogP contribution in [0.25, 0.3) is 0 Å². The molecule has 0 saturated carbocycles. The number of hydrogen-bond donors (Lipinski definition) is 10. The second-order valence-corrected chi connectivity index (χ2v) is 8.16. The number of thiol groups is 1. The summed E-state index contributed by atoms with van der Waals surface area (Å²) in [4.78, 5) is 1.59. The molecular formula is C21H37NO10S. The summed E-state index contributed by atoms with van der Waals surface area (Å²) in [5.41, 5.74) is 1.02. The van der Waals surface area contributed by atoms with E-state index in [2.05, 4.69) is 12.6 Å². The van der Waals surface area contributed by atoms with Gasteiger partial charge in [-0.3, -0.25) is 4.90 Å². The van der Waals surface area contributed by atoms with Gasteiger partial charge in [0.15, 0.2) is 0 Å². The third-order valence-corrected chi connectivity index (χ3v) is 5.63. The van der Waals surface area contributed by atoms with E-state index in [4.69, 9.17) is 14.9 Å². The van der Waals surface area contributed by atoms with Gasteiger partial charge in [0.05, 0.1) is 25.4 Å². The third-order valence-electron chi connectivity index (χ3n) is 5.27. The van der Waals surface area contributed by atoms with Gasteiger partial charge < -0.3 is 50.7 Å². The van der Waals surface area contributed by atoms with Crippen LogP contribution in [0.3, 0.4) is 0 Å². The molecule has 0 aliphatic heterocycles. The Morgan fingerprint density at radius 3 is 1.82 bits per heavy atom. The molecule has 0 amide bonds. The van der Waals surface area contributed by atoms with E-state index < -0.39 is 55.9 Å². The number of rotatable bonds is 17. The molecule has 0 spiro atoms. The summed E-state index contributed by atoms with van der Waals surface area (Å²) in [6.07, 6.45) is -11.2. The zero-order chi connectivity index (χ0) is 25.0. The highest BCUT2D eigenvalue weighted by Crippen LogP contribution is 2.14. The van der Waals surface area contributed by atoms with E-state index in [9.17, 15) is 35.7 Å². The first-order valence-electron chi connectivity index (χ1n) is 10.7. The van der Waals surface area contributed by atoms with E-state index in [0.29, 0.717) is 11.5 Å². The molecular weight excluding hydrogens is 458 g/mol. The van der Waals surface area contributed by atoms with Crippen LogP contribution >= 0.6 is 12.6 Å². The Balaban J connectivity index is 2.73. The smallest absolute Gasteiger partial charge is 0.119 e. The normalized spacial score (nSPS) is 18.4. The fourth-order valence-corrected chi connectivity index (χ4v) is 3.27. The van der Waals surface area contributed by atoms with Crippen molar-refractivity contribution < 1.29 is 50.7 Å². The van der Waals surface area contributed by atoms with Gasteiger partial charge in [-0.1, -0.05) is 12.1 Å². The van der Waals surface area contributed by atoms with Gasteiger partial charge in [0, 0.05) is 25.4 Å². The number of nitrogens with zero attached hydrogens (tertiary/aromatic N) is 1. The number of hydrogen-bond acceptors (Lipinski definition) is 12. The maximum atomic E-state index is 10.3. The molecule has 0 heterocycles. The van der Waals surface area contributed by atoms with Crippen LogP contribution in [-0.2, 0) is 5.75 Å². The Morgan fingerprint density at radius 2 is 1.27 bits per heavy atom. The lowest BCUT2D eigenvalue weighted by Gasteiger charge is -2.31. The van der Waals surface area contributed by atoms with Crippen LogP contribution < -0.4 is 4.74 Å². The third kappa shape index (κ3) is 10.4. The molecule has 33 heavy (non-hydrogen) atoms. The van der Waals surface area contributed by atoms with E-state index in [1.165, 1.54) is 0 Å². The van der Waals surface area contributed by atoms with E-state index in [-0.39, 0.29) is 32.7 Å². The van der Waals surface area contributed by atoms with E-state index in [1.807, 2.05) is 12.1 Å². The number of benzene rings is 1. The van der Waals surface area contributed by atoms with Crippen molar-refractivity contribution in [2.45, 2.75) is 54.9 Å². The minimum Gasteiger partial charge on any atom is -0.492 e. The van der Waals surface area contributed by atoms with E-state index in [1.54, 1.807) is 17.0 Å². The average Bonchev–Trinajstić information content (AvgIpc) is 2.84. The fraction of sp³-hybridized carbons (Fsp3) is 0.714. The standard InChI is InChI=1S/C21H37NO10S/c23-10-17(27)19(29)15(25)5-6-22(9-16(26)20(30)21(31)18(28)11-24)7-8-32-14-3-1-13(12-33)2-4-14/h1-4,15-21,23-31,33H,5-12H2/t15-,16-,17-,18-,19+,20-,21-/m1/s1. The molecule has 7 atom stereocenters. The number of ether oxygens (including phenoxy) is 1. The second-order valence-electron chi connectivity index (χ2n) is 7.85. The van der Waals surface area contributed by atoms with Crippen molar-refractivity contribution in [1.82, 2.24) is 4.90 Å². The lowest BCUT2D eigenvalue weighted by molar-refractivity contribution is -0.120. The molecule has 0 saturated heterocycles. The Labute approximate surface area is 198 Å². The quantitative estimate of drug-likeness (QED) is 0.0973. The number of aliphatic hydroxyl groups is 9. The Kier molecular flexibility index (Phi) is 14.4. The molecule has 192 valence electrons. The first kappa shape index (κ1) is 30.0. The summed E-state index contributed by atoms with van der Waals surface area (Å²) in [7, 11) is 0. The molecule has 1 aromatic carbocycles. The van der Waals surface area contributed by atoms with Crippen molar-refractivity contribution in [2.75, 3.05) is 39.5 Å². The van der Waals surface area contributed by atoms with Gasteiger partial charge in [-0.25, -0.2) is 0 Å². The summed E-state index contributed by atoms with van der Waals surface area (Å²) in [6.45, 7) is -1.22. The summed E-state index contributed by atoms with van der Waals surface area (Å²) >= 11 is 4.19. The maximum Gasteiger partial charge on any atom is 0.119 e. The fourth-order valence-electron chi connectivity index (χ4n) is 3.06. The van der Waals surface area contributed by atoms with Crippen molar-refractivity contribution in [2.24, 2.45) is 0 Å². The molecule has 1 rings (SSSR count). The average molecular weight is 496 g/mol. The first-order chi connectivity index (χ1) is 15.6. The van der Waals surface area contributed by atoms with Crippen molar-refractivity contribution in [3.8, 4) is 5.75 Å². The lowest BCUT2D eigenvalue weighted by atomic mass is 10.0. The van der Waals surface area contributed by atoms with Gasteiger partial charge in [-0.05, 0) is 24.1 Å². The van der Waals surface area contributed by atoms with Crippen LogP contribution in [0.15, 0.2) is 24.3 Å². The number of aliphatic hydroxyl groups excluding tert-OH is 9. The molecule has 12 heteroatoms. The highest BCUT2D eigenvalue weighted by Gasteiger charge is 2.31. The van der Waals surface area contributed by atoms with Crippen LogP contribution in [0, 0.1) is 0 Å². The van der Waals surface area contributed by atoms with Crippen molar-refractivity contribution in [3.63, 3.8) is 0 Å². The Hall–Kier alpha value is -1.03. The molecule has 0 radical (unpaired) electrons. The molecule has 0 aliphatic carbocycles. The van der Waals surface area contributed by atoms with E-state index >= 15 is 0 Å². The molecule has 0 fully saturated rings. The van der Waals surface area contributed by atoms with Crippen LogP contribution in [0.5, 0.6) is 5.75 Å². The molecule has 0 aromatic heterocycles. The van der Waals surface area contributed by atoms with Crippen molar-refractivity contribution in [3.05, 3.63) is 29.8 Å². The lowest BCUT2D eigenvalue weighted by Crippen LogP contribution is -2.50. The SMILES string of the molecule is OC[C@@H](O)[C@@H](O)[C@H](O)CCN(CCOc1ccc(CS)cc1)C[C@@H](O)[C@@H](O)[C@H](O)[C@H](O)CO. The monoisotopic (exact) mass is 495 g/mol. The van der Waals surface area contributed by atoms with Crippen molar-refractivity contribution in [1.29, 1.82) is 0 Å². The Morgan fingerprint density at radius 1 is 0.727 bits per heavy atom. The van der Waals surface area contributed by atoms with Gasteiger partial charge in [0.25, 0.3) is 0 Å². The molecule has 1 aromatic rings. The van der Waals surface area contributed by atoms with Crippen LogP contribution in [0.4, 0.5) is 0 Å². The largest absolute Gasteiger partial charge is 0.492 e. The minimum absolute atomic E-state index is 0.0422. The van der Waals surface area contributed by atoms with Gasteiger partial charge in [-0.15, -0.1) is 0 Å². The highest BCUT2D eigenvalue weighted by atomic mass is 32.1. The van der Waals surface area contributed by atoms with Crippen LogP contribution in [0.1, 0.15) is 12.0 Å². The second kappa shape index (κ2) is 15.8. The zero-order valence-corrected chi connectivity index (χ0v) is 19.2. The maximum absolute atomic E-state index is 10.3. The summed E-state index contributed by atoms with van der Waals surface area (Å²) in [6, 6.07) is 7.27. The predicted molar refractivity (Wildman–Crippen MR) is 122 cm³/mol. The molecule has 0 unspecified atom stereocenters. The molecule has 0 bridgehead atoms. The van der Waals surface area contributed by atoms with Gasteiger partial charge in [-0.2, -0.15) is 12.6 Å². The zero-order valence-electron chi connectivity index (χ0n) is 18.3. The molecule has 9 N–H and O–H groups in total. The van der Waals surface area contributed by atoms with Crippen LogP contribution in [0.2, 0.25) is 0 Å². The molecule has 0 aliphatic rings. The summed E-state index contributed by atoms with van der Waals surface area (Å²) in [5, 5.41) is 86.9. The Bertz CT molecular complexity index is 640. The first-order valence-corrected chi connectivity index (χ1v) is 11.3. The van der Waals surface area contributed by atoms with Crippen LogP contribution in [-0.4, -0.2) is 133 Å². The topological polar surface area (TPSA) is 195 Å². The predicted octanol–water partition coefficient (Wildman–Crippen LogP) is -3.30. The van der Waals surface area contributed by atoms with Crippen molar-refractivity contribution >= 4 is 12.6 Å².